The van der Waals surface area contributed by atoms with Crippen LogP contribution in [0.3, 0.4) is 0 Å². The number of rotatable bonds is 5. The molecule has 0 radical (unpaired) electrons. The van der Waals surface area contributed by atoms with Crippen molar-refractivity contribution < 1.29 is 8.78 Å². The SMILES string of the molecule is CCNC(C)Cc1ccc(-c2cc(F)cc(F)c2)cc1. The van der Waals surface area contributed by atoms with Gasteiger partial charge in [0.2, 0.25) is 0 Å². The van der Waals surface area contributed by atoms with Crippen LogP contribution < -0.4 is 5.32 Å². The van der Waals surface area contributed by atoms with E-state index in [9.17, 15) is 8.78 Å². The zero-order chi connectivity index (χ0) is 14.5. The van der Waals surface area contributed by atoms with E-state index in [4.69, 9.17) is 0 Å². The monoisotopic (exact) mass is 275 g/mol. The normalized spacial score (nSPS) is 12.4. The summed E-state index contributed by atoms with van der Waals surface area (Å²) in [7, 11) is 0. The van der Waals surface area contributed by atoms with E-state index in [1.807, 2.05) is 24.3 Å². The summed E-state index contributed by atoms with van der Waals surface area (Å²) in [5.74, 6) is -1.10. The second-order valence-corrected chi connectivity index (χ2v) is 5.02. The Morgan fingerprint density at radius 1 is 0.950 bits per heavy atom. The third-order valence-corrected chi connectivity index (χ3v) is 3.24. The topological polar surface area (TPSA) is 12.0 Å². The van der Waals surface area contributed by atoms with E-state index in [1.54, 1.807) is 0 Å². The van der Waals surface area contributed by atoms with Crippen LogP contribution in [0, 0.1) is 11.6 Å². The smallest absolute Gasteiger partial charge is 0.126 e. The molecule has 2 aromatic carbocycles. The lowest BCUT2D eigenvalue weighted by atomic mass is 10.0. The molecule has 1 nitrogen and oxygen atoms in total. The van der Waals surface area contributed by atoms with Crippen LogP contribution in [0.2, 0.25) is 0 Å². The van der Waals surface area contributed by atoms with E-state index in [-0.39, 0.29) is 0 Å². The minimum absolute atomic E-state index is 0.414. The maximum Gasteiger partial charge on any atom is 0.126 e. The molecule has 1 N–H and O–H groups in total. The van der Waals surface area contributed by atoms with Crippen LogP contribution in [-0.4, -0.2) is 12.6 Å². The first-order valence-electron chi connectivity index (χ1n) is 6.87. The minimum atomic E-state index is -0.551. The number of hydrogen-bond acceptors (Lipinski definition) is 1. The van der Waals surface area contributed by atoms with Crippen LogP contribution in [0.1, 0.15) is 19.4 Å². The van der Waals surface area contributed by atoms with Gasteiger partial charge in [-0.1, -0.05) is 31.2 Å². The predicted octanol–water partition coefficient (Wildman–Crippen LogP) is 4.17. The minimum Gasteiger partial charge on any atom is -0.314 e. The van der Waals surface area contributed by atoms with Crippen molar-refractivity contribution in [1.29, 1.82) is 0 Å². The van der Waals surface area contributed by atoms with Gasteiger partial charge in [0.05, 0.1) is 0 Å². The average molecular weight is 275 g/mol. The number of hydrogen-bond donors (Lipinski definition) is 1. The Labute approximate surface area is 118 Å². The summed E-state index contributed by atoms with van der Waals surface area (Å²) in [5, 5.41) is 3.36. The second kappa shape index (κ2) is 6.62. The molecule has 1 unspecified atom stereocenters. The van der Waals surface area contributed by atoms with Crippen molar-refractivity contribution in [1.82, 2.24) is 5.32 Å². The molecular formula is C17H19F2N. The lowest BCUT2D eigenvalue weighted by Crippen LogP contribution is -2.27. The van der Waals surface area contributed by atoms with Crippen LogP contribution in [0.5, 0.6) is 0 Å². The van der Waals surface area contributed by atoms with Gasteiger partial charge in [-0.15, -0.1) is 0 Å². The Kier molecular flexibility index (Phi) is 4.85. The highest BCUT2D eigenvalue weighted by Gasteiger charge is 2.05. The lowest BCUT2D eigenvalue weighted by Gasteiger charge is -2.12. The first-order valence-corrected chi connectivity index (χ1v) is 6.87. The number of likely N-dealkylation sites (N-methyl/N-ethyl adjacent to an activating group) is 1. The van der Waals surface area contributed by atoms with Crippen LogP contribution >= 0.6 is 0 Å². The van der Waals surface area contributed by atoms with Gasteiger partial charge in [0.1, 0.15) is 11.6 Å². The Bertz CT molecular complexity index is 543. The van der Waals surface area contributed by atoms with Gasteiger partial charge in [-0.25, -0.2) is 8.78 Å². The standard InChI is InChI=1S/C17H19F2N/c1-3-20-12(2)8-13-4-6-14(7-5-13)15-9-16(18)11-17(19)10-15/h4-7,9-12,20H,3,8H2,1-2H3. The van der Waals surface area contributed by atoms with E-state index in [2.05, 4.69) is 19.2 Å². The summed E-state index contributed by atoms with van der Waals surface area (Å²) >= 11 is 0. The quantitative estimate of drug-likeness (QED) is 0.863. The van der Waals surface area contributed by atoms with E-state index in [0.29, 0.717) is 11.6 Å². The molecule has 0 aliphatic heterocycles. The van der Waals surface area contributed by atoms with Crippen molar-refractivity contribution in [3.63, 3.8) is 0 Å². The molecule has 0 aromatic heterocycles. The summed E-state index contributed by atoms with van der Waals surface area (Å²) in [6.45, 7) is 5.17. The summed E-state index contributed by atoms with van der Waals surface area (Å²) in [4.78, 5) is 0. The molecule has 1 atom stereocenters. The molecular weight excluding hydrogens is 256 g/mol. The van der Waals surface area contributed by atoms with E-state index < -0.39 is 11.6 Å². The maximum absolute atomic E-state index is 13.2. The van der Waals surface area contributed by atoms with Crippen LogP contribution in [0.4, 0.5) is 8.78 Å². The summed E-state index contributed by atoms with van der Waals surface area (Å²) in [5.41, 5.74) is 2.59. The molecule has 0 amide bonds. The summed E-state index contributed by atoms with van der Waals surface area (Å²) in [6.07, 6.45) is 0.936. The Balaban J connectivity index is 2.15. The predicted molar refractivity (Wildman–Crippen MR) is 78.6 cm³/mol. The highest BCUT2D eigenvalue weighted by Crippen LogP contribution is 2.22. The fraction of sp³-hybridized carbons (Fsp3) is 0.294. The molecule has 2 aromatic rings. The Morgan fingerprint density at radius 3 is 2.10 bits per heavy atom. The molecule has 20 heavy (non-hydrogen) atoms. The first-order chi connectivity index (χ1) is 9.58. The largest absolute Gasteiger partial charge is 0.314 e. The van der Waals surface area contributed by atoms with E-state index in [1.165, 1.54) is 17.7 Å². The zero-order valence-electron chi connectivity index (χ0n) is 11.8. The Morgan fingerprint density at radius 2 is 1.55 bits per heavy atom. The van der Waals surface area contributed by atoms with Crippen LogP contribution in [-0.2, 0) is 6.42 Å². The molecule has 0 spiro atoms. The van der Waals surface area contributed by atoms with Crippen molar-refractivity contribution in [3.8, 4) is 11.1 Å². The van der Waals surface area contributed by atoms with Crippen molar-refractivity contribution in [3.05, 3.63) is 59.7 Å². The number of benzene rings is 2. The van der Waals surface area contributed by atoms with Crippen LogP contribution in [0.25, 0.3) is 11.1 Å². The van der Waals surface area contributed by atoms with Crippen molar-refractivity contribution >= 4 is 0 Å². The Hall–Kier alpha value is -1.74. The fourth-order valence-electron chi connectivity index (χ4n) is 2.33. The first kappa shape index (κ1) is 14.7. The van der Waals surface area contributed by atoms with E-state index >= 15 is 0 Å². The van der Waals surface area contributed by atoms with Gasteiger partial charge in [-0.3, -0.25) is 0 Å². The molecule has 0 aliphatic rings. The summed E-state index contributed by atoms with van der Waals surface area (Å²) < 4.78 is 26.4. The van der Waals surface area contributed by atoms with Crippen molar-refractivity contribution in [2.45, 2.75) is 26.3 Å². The van der Waals surface area contributed by atoms with Gasteiger partial charge in [0, 0.05) is 12.1 Å². The van der Waals surface area contributed by atoms with Gasteiger partial charge in [0.25, 0.3) is 0 Å². The molecule has 0 heterocycles. The molecule has 106 valence electrons. The molecule has 0 aliphatic carbocycles. The van der Waals surface area contributed by atoms with Gasteiger partial charge < -0.3 is 5.32 Å². The van der Waals surface area contributed by atoms with E-state index in [0.717, 1.165) is 24.6 Å². The van der Waals surface area contributed by atoms with Gasteiger partial charge >= 0.3 is 0 Å². The van der Waals surface area contributed by atoms with Gasteiger partial charge in [-0.05, 0) is 48.7 Å². The fourth-order valence-corrected chi connectivity index (χ4v) is 2.33. The molecule has 0 fully saturated rings. The number of nitrogens with one attached hydrogen (secondary N) is 1. The van der Waals surface area contributed by atoms with Crippen LogP contribution in [0.15, 0.2) is 42.5 Å². The van der Waals surface area contributed by atoms with Gasteiger partial charge in [-0.2, -0.15) is 0 Å². The molecule has 3 heteroatoms. The molecule has 0 saturated heterocycles. The summed E-state index contributed by atoms with van der Waals surface area (Å²) in [6, 6.07) is 11.8. The molecule has 2 rings (SSSR count). The molecule has 0 saturated carbocycles. The van der Waals surface area contributed by atoms with Gasteiger partial charge in [0.15, 0.2) is 0 Å². The third kappa shape index (κ3) is 3.87. The maximum atomic E-state index is 13.2. The highest BCUT2D eigenvalue weighted by molar-refractivity contribution is 5.63. The molecule has 0 bridgehead atoms. The lowest BCUT2D eigenvalue weighted by molar-refractivity contribution is 0.565. The third-order valence-electron chi connectivity index (χ3n) is 3.24. The van der Waals surface area contributed by atoms with Crippen molar-refractivity contribution in [2.75, 3.05) is 6.54 Å². The zero-order valence-corrected chi connectivity index (χ0v) is 11.8. The van der Waals surface area contributed by atoms with Crippen molar-refractivity contribution in [2.24, 2.45) is 0 Å². The number of halogens is 2. The highest BCUT2D eigenvalue weighted by atomic mass is 19.1. The average Bonchev–Trinajstić information content (AvgIpc) is 2.38. The second-order valence-electron chi connectivity index (χ2n) is 5.02.